The van der Waals surface area contributed by atoms with Crippen molar-refractivity contribution in [1.29, 1.82) is 5.26 Å². The number of hydrogen-bond donors (Lipinski definition) is 2. The lowest BCUT2D eigenvalue weighted by Crippen LogP contribution is -2.49. The van der Waals surface area contributed by atoms with Crippen LogP contribution in [0.2, 0.25) is 0 Å². The fourth-order valence-electron chi connectivity index (χ4n) is 10.2. The second-order valence-corrected chi connectivity index (χ2v) is 18.5. The van der Waals surface area contributed by atoms with E-state index in [9.17, 15) is 24.0 Å². The third kappa shape index (κ3) is 7.94. The Kier molecular flexibility index (Phi) is 11.3. The van der Waals surface area contributed by atoms with Gasteiger partial charge in [0.15, 0.2) is 17.4 Å². The van der Waals surface area contributed by atoms with Crippen molar-refractivity contribution >= 4 is 57.4 Å². The van der Waals surface area contributed by atoms with Gasteiger partial charge in [-0.05, 0) is 105 Å². The summed E-state index contributed by atoms with van der Waals surface area (Å²) in [5.41, 5.74) is 1.47. The number of rotatable bonds is 9. The van der Waals surface area contributed by atoms with Crippen molar-refractivity contribution in [3.8, 4) is 17.6 Å². The average molecular weight is 897 g/mol. The second-order valence-electron chi connectivity index (χ2n) is 17.6. The maximum absolute atomic E-state index is 15.8. The first kappa shape index (κ1) is 42.3. The van der Waals surface area contributed by atoms with Crippen molar-refractivity contribution in [3.63, 3.8) is 0 Å². The highest BCUT2D eigenvalue weighted by Crippen LogP contribution is 2.44. The third-order valence-electron chi connectivity index (χ3n) is 13.8. The smallest absolute Gasteiger partial charge is 0.329 e. The molecule has 3 aromatic carbocycles. The molecule has 1 saturated carbocycles. The molecule has 4 saturated heterocycles. The predicted octanol–water partition coefficient (Wildman–Crippen LogP) is 7.21. The van der Waals surface area contributed by atoms with Gasteiger partial charge >= 0.3 is 6.03 Å². The van der Waals surface area contributed by atoms with Crippen LogP contribution in [0.3, 0.4) is 0 Å². The zero-order valence-electron chi connectivity index (χ0n) is 35.2. The van der Waals surface area contributed by atoms with Crippen LogP contribution in [-0.4, -0.2) is 97.6 Å². The van der Waals surface area contributed by atoms with Crippen molar-refractivity contribution in [3.05, 3.63) is 81.9 Å². The summed E-state index contributed by atoms with van der Waals surface area (Å²) in [4.78, 5) is 46.8. The molecule has 6 heterocycles. The van der Waals surface area contributed by atoms with Crippen molar-refractivity contribution in [2.75, 3.05) is 49.0 Å². The average Bonchev–Trinajstić information content (AvgIpc) is 4.00. The van der Waals surface area contributed by atoms with Crippen LogP contribution in [0.4, 0.5) is 29.5 Å². The molecule has 2 unspecified atom stereocenters. The van der Waals surface area contributed by atoms with Crippen LogP contribution in [0.15, 0.2) is 53.6 Å². The van der Waals surface area contributed by atoms with Crippen molar-refractivity contribution in [2.45, 2.75) is 87.6 Å². The SMILES string of the molecule is Cn1nc(N2CCC(=O)NC2=O)c2cc(F)c(C3CCC(N4CCC5(CC4)CC(n4cnc6ccc(Oc7c(F)ccc(NSN8CCC(F)C8)c7C#N)cc6c4=O)CO5)CC3)cc21. The molecule has 2 aromatic heterocycles. The van der Waals surface area contributed by atoms with Crippen molar-refractivity contribution in [1.82, 2.24) is 33.9 Å². The molecule has 2 atom stereocenters. The molecule has 5 fully saturated rings. The van der Waals surface area contributed by atoms with Gasteiger partial charge in [0.2, 0.25) is 5.91 Å². The molecule has 1 spiro atoms. The number of likely N-dealkylation sites (tertiary alicyclic amines) is 1. The van der Waals surface area contributed by atoms with Crippen molar-refractivity contribution in [2.24, 2.45) is 7.05 Å². The second kappa shape index (κ2) is 17.0. The molecule has 19 heteroatoms. The Balaban J connectivity index is 0.765. The molecule has 1 aliphatic carbocycles. The van der Waals surface area contributed by atoms with Gasteiger partial charge < -0.3 is 19.1 Å². The minimum absolute atomic E-state index is 0.0583. The molecule has 334 valence electrons. The standard InChI is InChI=1S/C45H47F3N10O5S/c1-54-39-20-31(36(48)19-33(39)42(52-54)57-15-11-40(59)51-44(57)61)26-2-4-28(5-3-26)55-16-12-45(13-17-55)21-29(24-62-45)58-25-50-37-8-6-30(18-32(37)43(58)60)63-41-34(22-49)38(9-7-35(41)47)53-64-56-14-10-27(46)23-56/h6-9,18-20,25-29,53H,2-5,10-17,21,23-24H2,1H3,(H,51,59,61). The van der Waals surface area contributed by atoms with E-state index < -0.39 is 18.0 Å². The maximum atomic E-state index is 15.8. The summed E-state index contributed by atoms with van der Waals surface area (Å²) in [6.07, 6.45) is 7.09. The van der Waals surface area contributed by atoms with Gasteiger partial charge in [-0.1, -0.05) is 0 Å². The highest BCUT2D eigenvalue weighted by Gasteiger charge is 2.45. The number of amides is 3. The van der Waals surface area contributed by atoms with Gasteiger partial charge in [0.05, 0.1) is 46.7 Å². The van der Waals surface area contributed by atoms with Gasteiger partial charge in [-0.3, -0.25) is 29.1 Å². The number of imide groups is 1. The van der Waals surface area contributed by atoms with Gasteiger partial charge in [0.1, 0.15) is 29.4 Å². The number of benzene rings is 3. The third-order valence-corrected chi connectivity index (χ3v) is 14.7. The van der Waals surface area contributed by atoms with Crippen molar-refractivity contribution < 1.29 is 32.2 Å². The number of carbonyl (C=O) groups excluding carboxylic acids is 2. The number of halogens is 3. The monoisotopic (exact) mass is 896 g/mol. The topological polar surface area (TPSA) is 163 Å². The molecule has 0 bridgehead atoms. The minimum atomic E-state index is -0.919. The number of anilines is 2. The van der Waals surface area contributed by atoms with Crippen LogP contribution in [0.1, 0.15) is 80.9 Å². The van der Waals surface area contributed by atoms with E-state index in [-0.39, 0.29) is 71.4 Å². The fraction of sp³-hybridized carbons (Fsp3) is 0.467. The number of aromatic nitrogens is 4. The number of fused-ring (bicyclic) bond motifs is 2. The van der Waals surface area contributed by atoms with E-state index >= 15 is 8.78 Å². The lowest BCUT2D eigenvalue weighted by atomic mass is 9.79. The van der Waals surface area contributed by atoms with E-state index in [0.29, 0.717) is 65.4 Å². The largest absolute Gasteiger partial charge is 0.453 e. The Bertz CT molecular complexity index is 2760. The van der Waals surface area contributed by atoms with Gasteiger partial charge in [-0.25, -0.2) is 27.3 Å². The Hall–Kier alpha value is -5.68. The summed E-state index contributed by atoms with van der Waals surface area (Å²) in [6.45, 7) is 3.06. The Morgan fingerprint density at radius 3 is 2.53 bits per heavy atom. The van der Waals surface area contributed by atoms with E-state index in [1.807, 2.05) is 12.1 Å². The van der Waals surface area contributed by atoms with Gasteiger partial charge in [-0.2, -0.15) is 10.4 Å². The molecule has 0 radical (unpaired) electrons. The molecule has 3 amide bonds. The minimum Gasteiger partial charge on any atom is -0.453 e. The first-order chi connectivity index (χ1) is 31.0. The van der Waals surface area contributed by atoms with Crippen LogP contribution in [0.25, 0.3) is 21.8 Å². The molecule has 64 heavy (non-hydrogen) atoms. The first-order valence-electron chi connectivity index (χ1n) is 21.8. The first-order valence-corrected chi connectivity index (χ1v) is 22.6. The maximum Gasteiger partial charge on any atom is 0.329 e. The van der Waals surface area contributed by atoms with Crippen LogP contribution >= 0.6 is 12.1 Å². The summed E-state index contributed by atoms with van der Waals surface area (Å²) in [5.74, 6) is -1.11. The van der Waals surface area contributed by atoms with E-state index in [1.165, 1.54) is 29.2 Å². The molecular formula is C45H47F3N10O5S. The number of ether oxygens (including phenoxy) is 2. The Morgan fingerprint density at radius 2 is 1.78 bits per heavy atom. The number of carbonyl (C=O) groups is 2. The van der Waals surface area contributed by atoms with Crippen LogP contribution in [0.5, 0.6) is 11.5 Å². The Morgan fingerprint density at radius 1 is 0.969 bits per heavy atom. The van der Waals surface area contributed by atoms with Crippen LogP contribution in [0, 0.1) is 23.0 Å². The van der Waals surface area contributed by atoms with E-state index in [1.54, 1.807) is 39.1 Å². The number of urea groups is 1. The molecule has 4 aliphatic heterocycles. The van der Waals surface area contributed by atoms with Gasteiger partial charge in [0, 0.05) is 69.8 Å². The fourth-order valence-corrected chi connectivity index (χ4v) is 11.1. The van der Waals surface area contributed by atoms with Crippen LogP contribution in [-0.2, 0) is 16.6 Å². The molecule has 15 nitrogen and oxygen atoms in total. The van der Waals surface area contributed by atoms with Gasteiger partial charge in [-0.15, -0.1) is 0 Å². The summed E-state index contributed by atoms with van der Waals surface area (Å²) in [5, 5.41) is 17.7. The number of piperidine rings is 1. The van der Waals surface area contributed by atoms with E-state index in [0.717, 1.165) is 69.3 Å². The lowest BCUT2D eigenvalue weighted by molar-refractivity contribution is -0.120. The zero-order valence-corrected chi connectivity index (χ0v) is 36.0. The lowest BCUT2D eigenvalue weighted by Gasteiger charge is -2.44. The number of alkyl halides is 1. The molecular weight excluding hydrogens is 850 g/mol. The number of nitriles is 1. The summed E-state index contributed by atoms with van der Waals surface area (Å²) >= 11 is 1.15. The van der Waals surface area contributed by atoms with E-state index in [4.69, 9.17) is 9.47 Å². The quantitative estimate of drug-likeness (QED) is 0.143. The highest BCUT2D eigenvalue weighted by atomic mass is 32.2. The number of aryl methyl sites for hydroxylation is 1. The zero-order chi connectivity index (χ0) is 44.3. The molecule has 10 rings (SSSR count). The summed E-state index contributed by atoms with van der Waals surface area (Å²) in [7, 11) is 1.78. The normalized spacial score (nSPS) is 24.1. The van der Waals surface area contributed by atoms with Crippen LogP contribution < -0.4 is 25.2 Å². The highest BCUT2D eigenvalue weighted by molar-refractivity contribution is 7.98. The molecule has 5 aliphatic rings. The molecule has 5 aromatic rings. The number of nitrogens with one attached hydrogen (secondary N) is 2. The Labute approximate surface area is 370 Å². The van der Waals surface area contributed by atoms with E-state index in [2.05, 4.69) is 25.0 Å². The number of nitrogens with zero attached hydrogens (tertiary/aromatic N) is 8. The predicted molar refractivity (Wildman–Crippen MR) is 234 cm³/mol. The molecule has 2 N–H and O–H groups in total. The summed E-state index contributed by atoms with van der Waals surface area (Å²) < 4.78 is 65.2. The number of hydrogen-bond acceptors (Lipinski definition) is 12. The summed E-state index contributed by atoms with van der Waals surface area (Å²) in [6, 6.07) is 12.3. The van der Waals surface area contributed by atoms with Gasteiger partial charge in [0.25, 0.3) is 5.56 Å².